The van der Waals surface area contributed by atoms with Crippen LogP contribution in [0.25, 0.3) is 0 Å². The van der Waals surface area contributed by atoms with Gasteiger partial charge in [0.15, 0.2) is 5.88 Å². The summed E-state index contributed by atoms with van der Waals surface area (Å²) >= 11 is 0. The number of nitrogens with zero attached hydrogens (tertiary/aromatic N) is 1. The highest BCUT2D eigenvalue weighted by Crippen LogP contribution is 2.31. The maximum Gasteiger partial charge on any atom is 0.246 e. The van der Waals surface area contributed by atoms with Crippen molar-refractivity contribution in [3.63, 3.8) is 0 Å². The van der Waals surface area contributed by atoms with Gasteiger partial charge in [0.25, 0.3) is 0 Å². The van der Waals surface area contributed by atoms with E-state index in [4.69, 9.17) is 5.73 Å². The van der Waals surface area contributed by atoms with E-state index in [0.29, 0.717) is 5.92 Å². The number of aliphatic hydroxyl groups is 2. The van der Waals surface area contributed by atoms with Crippen molar-refractivity contribution in [3.05, 3.63) is 12.0 Å². The van der Waals surface area contributed by atoms with E-state index in [-0.39, 0.29) is 18.4 Å². The lowest BCUT2D eigenvalue weighted by Gasteiger charge is -2.34. The van der Waals surface area contributed by atoms with E-state index in [2.05, 4.69) is 5.32 Å². The number of rotatable bonds is 8. The van der Waals surface area contributed by atoms with E-state index in [9.17, 15) is 15.0 Å². The Bertz CT molecular complexity index is 428. The third-order valence-corrected chi connectivity index (χ3v) is 4.63. The van der Waals surface area contributed by atoms with Crippen molar-refractivity contribution in [3.8, 4) is 0 Å². The van der Waals surface area contributed by atoms with Crippen molar-refractivity contribution in [2.75, 3.05) is 20.2 Å². The SMILES string of the molecule is CN(CC1CC1)C(C)(C)C(=O)N/C(O)=C/C(N)C(C)(C)CO. The lowest BCUT2D eigenvalue weighted by molar-refractivity contribution is -0.131. The minimum atomic E-state index is -0.721. The number of hydrogen-bond acceptors (Lipinski definition) is 5. The van der Waals surface area contributed by atoms with Crippen molar-refractivity contribution in [2.24, 2.45) is 17.1 Å². The van der Waals surface area contributed by atoms with E-state index in [1.165, 1.54) is 18.9 Å². The second kappa shape index (κ2) is 6.98. The highest BCUT2D eigenvalue weighted by molar-refractivity contribution is 5.86. The second-order valence-electron chi connectivity index (χ2n) is 7.56. The zero-order valence-electron chi connectivity index (χ0n) is 14.4. The molecule has 0 heterocycles. The number of nitrogens with two attached hydrogens (primary N) is 1. The third-order valence-electron chi connectivity index (χ3n) is 4.63. The number of carbonyl (C=O) groups excluding carboxylic acids is 1. The van der Waals surface area contributed by atoms with Crippen LogP contribution in [-0.2, 0) is 4.79 Å². The van der Waals surface area contributed by atoms with Crippen LogP contribution in [0.1, 0.15) is 40.5 Å². The number of amides is 1. The molecule has 0 saturated heterocycles. The van der Waals surface area contributed by atoms with E-state index >= 15 is 0 Å². The number of hydrogen-bond donors (Lipinski definition) is 4. The topological polar surface area (TPSA) is 98.8 Å². The van der Waals surface area contributed by atoms with Crippen molar-refractivity contribution in [1.82, 2.24) is 10.2 Å². The van der Waals surface area contributed by atoms with Crippen LogP contribution in [-0.4, -0.2) is 52.8 Å². The second-order valence-corrected chi connectivity index (χ2v) is 7.56. The summed E-state index contributed by atoms with van der Waals surface area (Å²) in [5.41, 5.74) is 4.63. The Hall–Kier alpha value is -1.11. The van der Waals surface area contributed by atoms with E-state index in [0.717, 1.165) is 6.54 Å². The molecule has 1 unspecified atom stereocenters. The first-order valence-corrected chi connectivity index (χ1v) is 7.80. The Morgan fingerprint density at radius 2 is 1.95 bits per heavy atom. The molecule has 0 aromatic heterocycles. The predicted octanol–water partition coefficient (Wildman–Crippen LogP) is 0.968. The van der Waals surface area contributed by atoms with E-state index in [1.54, 1.807) is 13.8 Å². The van der Waals surface area contributed by atoms with Crippen LogP contribution in [0.4, 0.5) is 0 Å². The van der Waals surface area contributed by atoms with Gasteiger partial charge in [-0.2, -0.15) is 0 Å². The molecule has 1 aliphatic rings. The van der Waals surface area contributed by atoms with Gasteiger partial charge in [-0.25, -0.2) is 0 Å². The highest BCUT2D eigenvalue weighted by atomic mass is 16.3. The molecule has 6 heteroatoms. The molecular formula is C16H31N3O3. The molecule has 0 aliphatic heterocycles. The van der Waals surface area contributed by atoms with Gasteiger partial charge in [0.2, 0.25) is 5.91 Å². The molecule has 1 aliphatic carbocycles. The van der Waals surface area contributed by atoms with Crippen molar-refractivity contribution in [2.45, 2.75) is 52.1 Å². The average Bonchev–Trinajstić information content (AvgIpc) is 3.21. The molecule has 22 heavy (non-hydrogen) atoms. The monoisotopic (exact) mass is 313 g/mol. The maximum absolute atomic E-state index is 12.4. The van der Waals surface area contributed by atoms with Gasteiger partial charge in [-0.3, -0.25) is 15.0 Å². The molecule has 0 bridgehead atoms. The Morgan fingerprint density at radius 3 is 2.41 bits per heavy atom. The summed E-state index contributed by atoms with van der Waals surface area (Å²) in [4.78, 5) is 14.4. The van der Waals surface area contributed by atoms with Crippen molar-refractivity contribution in [1.29, 1.82) is 0 Å². The van der Waals surface area contributed by atoms with Gasteiger partial charge < -0.3 is 15.9 Å². The molecule has 1 saturated carbocycles. The Balaban J connectivity index is 2.65. The van der Waals surface area contributed by atoms with Crippen LogP contribution in [0, 0.1) is 11.3 Å². The van der Waals surface area contributed by atoms with Crippen molar-refractivity contribution >= 4 is 5.91 Å². The van der Waals surface area contributed by atoms with Crippen LogP contribution >= 0.6 is 0 Å². The highest BCUT2D eigenvalue weighted by Gasteiger charge is 2.36. The molecule has 0 radical (unpaired) electrons. The number of carbonyl (C=O) groups is 1. The molecule has 1 rings (SSSR count). The quantitative estimate of drug-likeness (QED) is 0.500. The van der Waals surface area contributed by atoms with Gasteiger partial charge in [-0.15, -0.1) is 0 Å². The fraction of sp³-hybridized carbons (Fsp3) is 0.812. The first-order valence-electron chi connectivity index (χ1n) is 7.80. The average molecular weight is 313 g/mol. The normalized spacial score (nSPS) is 18.5. The van der Waals surface area contributed by atoms with Gasteiger partial charge in [0, 0.05) is 24.6 Å². The molecule has 0 aromatic carbocycles. The first-order chi connectivity index (χ1) is 10.0. The Morgan fingerprint density at radius 1 is 1.41 bits per heavy atom. The molecule has 5 N–H and O–H groups in total. The first kappa shape index (κ1) is 18.9. The lowest BCUT2D eigenvalue weighted by atomic mass is 9.86. The summed E-state index contributed by atoms with van der Waals surface area (Å²) in [6, 6.07) is -0.565. The molecular weight excluding hydrogens is 282 g/mol. The standard InChI is InChI=1S/C16H31N3O3/c1-15(2,10-20)12(17)8-13(21)18-14(22)16(3,4)19(5)9-11-6-7-11/h8,11-12,20-21H,6-7,9-10,17H2,1-5H3,(H,18,22)/b13-8-. The van der Waals surface area contributed by atoms with Crippen LogP contribution in [0.15, 0.2) is 12.0 Å². The fourth-order valence-electron chi connectivity index (χ4n) is 1.90. The number of likely N-dealkylation sites (N-methyl/N-ethyl adjacent to an activating group) is 1. The zero-order valence-corrected chi connectivity index (χ0v) is 14.4. The van der Waals surface area contributed by atoms with E-state index in [1.807, 2.05) is 25.8 Å². The predicted molar refractivity (Wildman–Crippen MR) is 87.1 cm³/mol. The minimum Gasteiger partial charge on any atom is -0.495 e. The summed E-state index contributed by atoms with van der Waals surface area (Å²) in [6.07, 6.45) is 3.81. The number of nitrogens with one attached hydrogen (secondary N) is 1. The van der Waals surface area contributed by atoms with Crippen molar-refractivity contribution < 1.29 is 15.0 Å². The van der Waals surface area contributed by atoms with Gasteiger partial charge in [0.1, 0.15) is 0 Å². The zero-order chi connectivity index (χ0) is 17.1. The maximum atomic E-state index is 12.4. The van der Waals surface area contributed by atoms with Crippen LogP contribution in [0.5, 0.6) is 0 Å². The largest absolute Gasteiger partial charge is 0.495 e. The van der Waals surface area contributed by atoms with Crippen LogP contribution < -0.4 is 11.1 Å². The molecule has 0 spiro atoms. The van der Waals surface area contributed by atoms with Gasteiger partial charge in [-0.1, -0.05) is 13.8 Å². The summed E-state index contributed by atoms with van der Waals surface area (Å²) < 4.78 is 0. The van der Waals surface area contributed by atoms with Crippen LogP contribution in [0.3, 0.4) is 0 Å². The minimum absolute atomic E-state index is 0.110. The third kappa shape index (κ3) is 4.97. The Labute approximate surface area is 133 Å². The summed E-state index contributed by atoms with van der Waals surface area (Å²) in [5.74, 6) is 0.130. The molecule has 6 nitrogen and oxygen atoms in total. The smallest absolute Gasteiger partial charge is 0.246 e. The lowest BCUT2D eigenvalue weighted by Crippen LogP contribution is -2.53. The van der Waals surface area contributed by atoms with Gasteiger partial charge in [0.05, 0.1) is 5.54 Å². The Kier molecular flexibility index (Phi) is 6.01. The van der Waals surface area contributed by atoms with Crippen LogP contribution in [0.2, 0.25) is 0 Å². The molecule has 0 aromatic rings. The molecule has 1 amide bonds. The molecule has 1 fully saturated rings. The summed E-state index contributed by atoms with van der Waals surface area (Å²) in [5, 5.41) is 21.7. The fourth-order valence-corrected chi connectivity index (χ4v) is 1.90. The molecule has 1 atom stereocenters. The van der Waals surface area contributed by atoms with E-state index < -0.39 is 17.0 Å². The molecule has 128 valence electrons. The summed E-state index contributed by atoms with van der Waals surface area (Å²) in [6.45, 7) is 8.00. The summed E-state index contributed by atoms with van der Waals surface area (Å²) in [7, 11) is 1.92. The van der Waals surface area contributed by atoms with Gasteiger partial charge in [-0.05, 0) is 45.7 Å². The number of aliphatic hydroxyl groups excluding tert-OH is 2. The van der Waals surface area contributed by atoms with Gasteiger partial charge >= 0.3 is 0 Å².